The molecular weight excluding hydrogens is 212 g/mol. The molecule has 17 heavy (non-hydrogen) atoms. The molecule has 1 amide bonds. The Morgan fingerprint density at radius 1 is 1.12 bits per heavy atom. The summed E-state index contributed by atoms with van der Waals surface area (Å²) in [4.78, 5) is 14.0. The molecule has 2 N–H and O–H groups in total. The zero-order valence-corrected chi connectivity index (χ0v) is 12.3. The molecule has 0 rings (SSSR count). The summed E-state index contributed by atoms with van der Waals surface area (Å²) >= 11 is 0. The molecule has 0 bridgehead atoms. The molecule has 100 valence electrons. The first-order valence-electron chi connectivity index (χ1n) is 6.35. The van der Waals surface area contributed by atoms with E-state index in [1.54, 1.807) is 4.90 Å². The van der Waals surface area contributed by atoms with Gasteiger partial charge in [0.1, 0.15) is 0 Å². The van der Waals surface area contributed by atoms with E-state index in [1.807, 2.05) is 20.9 Å². The minimum Gasteiger partial charge on any atom is -0.338 e. The number of rotatable bonds is 5. The highest BCUT2D eigenvalue weighted by Gasteiger charge is 2.26. The molecule has 0 aliphatic carbocycles. The highest BCUT2D eigenvalue weighted by Crippen LogP contribution is 2.15. The van der Waals surface area contributed by atoms with E-state index in [2.05, 4.69) is 33.8 Å². The van der Waals surface area contributed by atoms with Gasteiger partial charge in [-0.1, -0.05) is 39.3 Å². The normalized spacial score (nSPS) is 14.7. The molecule has 2 atom stereocenters. The second-order valence-corrected chi connectivity index (χ2v) is 5.70. The number of nitrogens with zero attached hydrogens (tertiary/aromatic N) is 1. The molecule has 0 aliphatic rings. The van der Waals surface area contributed by atoms with Crippen molar-refractivity contribution in [1.82, 2.24) is 4.90 Å². The fourth-order valence-electron chi connectivity index (χ4n) is 1.76. The van der Waals surface area contributed by atoms with Gasteiger partial charge in [0.05, 0.1) is 12.1 Å². The number of nitrogens with two attached hydrogens (primary N) is 1. The van der Waals surface area contributed by atoms with Gasteiger partial charge in [-0.15, -0.1) is 0 Å². The molecule has 0 saturated heterocycles. The van der Waals surface area contributed by atoms with E-state index < -0.39 is 6.04 Å². The van der Waals surface area contributed by atoms with Gasteiger partial charge in [0.25, 0.3) is 0 Å². The lowest BCUT2D eigenvalue weighted by molar-refractivity contribution is -0.134. The molecule has 3 heteroatoms. The Kier molecular flexibility index (Phi) is 6.46. The lowest BCUT2D eigenvalue weighted by Crippen LogP contribution is -2.49. The Labute approximate surface area is 106 Å². The van der Waals surface area contributed by atoms with Crippen LogP contribution >= 0.6 is 0 Å². The molecule has 0 spiro atoms. The first kappa shape index (κ1) is 16.2. The maximum absolute atomic E-state index is 12.2. The summed E-state index contributed by atoms with van der Waals surface area (Å²) in [7, 11) is 1.84. The van der Waals surface area contributed by atoms with Crippen LogP contribution in [0.15, 0.2) is 11.6 Å². The highest BCUT2D eigenvalue weighted by atomic mass is 16.2. The van der Waals surface area contributed by atoms with Crippen LogP contribution in [0.1, 0.15) is 41.5 Å². The lowest BCUT2D eigenvalue weighted by Gasteiger charge is -2.32. The summed E-state index contributed by atoms with van der Waals surface area (Å²) in [6.45, 7) is 12.3. The monoisotopic (exact) mass is 240 g/mol. The summed E-state index contributed by atoms with van der Waals surface area (Å²) < 4.78 is 0. The average Bonchev–Trinajstić information content (AvgIpc) is 2.21. The van der Waals surface area contributed by atoms with Crippen LogP contribution in [0.4, 0.5) is 0 Å². The van der Waals surface area contributed by atoms with E-state index in [0.29, 0.717) is 5.92 Å². The highest BCUT2D eigenvalue weighted by molar-refractivity contribution is 5.82. The molecule has 0 aromatic heterocycles. The number of likely N-dealkylation sites (N-methyl/N-ethyl adjacent to an activating group) is 1. The molecule has 0 heterocycles. The van der Waals surface area contributed by atoms with Gasteiger partial charge < -0.3 is 10.6 Å². The van der Waals surface area contributed by atoms with Gasteiger partial charge >= 0.3 is 0 Å². The SMILES string of the molecule is CC(C)=CC(C(C)C)N(C)C(=O)C(N)C(C)C. The largest absolute Gasteiger partial charge is 0.338 e. The van der Waals surface area contributed by atoms with Crippen LogP contribution in [-0.4, -0.2) is 29.9 Å². The van der Waals surface area contributed by atoms with Crippen LogP contribution in [0.5, 0.6) is 0 Å². The van der Waals surface area contributed by atoms with Crippen molar-refractivity contribution in [3.05, 3.63) is 11.6 Å². The van der Waals surface area contributed by atoms with Crippen LogP contribution in [0.3, 0.4) is 0 Å². The summed E-state index contributed by atoms with van der Waals surface area (Å²) in [5, 5.41) is 0. The van der Waals surface area contributed by atoms with Gasteiger partial charge in [-0.3, -0.25) is 4.79 Å². The van der Waals surface area contributed by atoms with Crippen molar-refractivity contribution in [3.63, 3.8) is 0 Å². The van der Waals surface area contributed by atoms with Crippen LogP contribution in [0.2, 0.25) is 0 Å². The van der Waals surface area contributed by atoms with Gasteiger partial charge in [-0.05, 0) is 25.7 Å². The Morgan fingerprint density at radius 2 is 1.59 bits per heavy atom. The second-order valence-electron chi connectivity index (χ2n) is 5.70. The van der Waals surface area contributed by atoms with E-state index in [9.17, 15) is 4.79 Å². The summed E-state index contributed by atoms with van der Waals surface area (Å²) in [5.41, 5.74) is 7.14. The molecule has 0 radical (unpaired) electrons. The van der Waals surface area contributed by atoms with Crippen molar-refractivity contribution in [2.24, 2.45) is 17.6 Å². The molecule has 0 aromatic rings. The van der Waals surface area contributed by atoms with Crippen molar-refractivity contribution in [2.75, 3.05) is 7.05 Å². The topological polar surface area (TPSA) is 46.3 Å². The number of hydrogen-bond donors (Lipinski definition) is 1. The fourth-order valence-corrected chi connectivity index (χ4v) is 1.76. The van der Waals surface area contributed by atoms with Crippen molar-refractivity contribution in [3.8, 4) is 0 Å². The Bertz CT molecular complexity index is 278. The van der Waals surface area contributed by atoms with Gasteiger partial charge in [-0.25, -0.2) is 0 Å². The Balaban J connectivity index is 4.91. The van der Waals surface area contributed by atoms with Gasteiger partial charge in [0.15, 0.2) is 0 Å². The number of amides is 1. The third-order valence-electron chi connectivity index (χ3n) is 2.99. The molecule has 3 nitrogen and oxygen atoms in total. The van der Waals surface area contributed by atoms with E-state index in [0.717, 1.165) is 0 Å². The third kappa shape index (κ3) is 4.90. The lowest BCUT2D eigenvalue weighted by atomic mass is 9.98. The number of carbonyl (C=O) groups excluding carboxylic acids is 1. The summed E-state index contributed by atoms with van der Waals surface area (Å²) in [6.07, 6.45) is 2.13. The maximum Gasteiger partial charge on any atom is 0.239 e. The van der Waals surface area contributed by atoms with Crippen molar-refractivity contribution in [1.29, 1.82) is 0 Å². The van der Waals surface area contributed by atoms with E-state index in [-0.39, 0.29) is 17.9 Å². The molecular formula is C14H28N2O. The quantitative estimate of drug-likeness (QED) is 0.750. The van der Waals surface area contributed by atoms with Gasteiger partial charge in [0, 0.05) is 7.05 Å². The predicted molar refractivity (Wildman–Crippen MR) is 73.6 cm³/mol. The molecule has 0 fully saturated rings. The molecule has 0 aromatic carbocycles. The Morgan fingerprint density at radius 3 is 1.88 bits per heavy atom. The molecule has 2 unspecified atom stereocenters. The number of carbonyl (C=O) groups is 1. The molecule has 0 saturated carbocycles. The van der Waals surface area contributed by atoms with E-state index in [4.69, 9.17) is 5.73 Å². The summed E-state index contributed by atoms with van der Waals surface area (Å²) in [5.74, 6) is 0.582. The van der Waals surface area contributed by atoms with Crippen LogP contribution in [-0.2, 0) is 4.79 Å². The minimum absolute atomic E-state index is 0.0243. The zero-order chi connectivity index (χ0) is 13.7. The number of allylic oxidation sites excluding steroid dienone is 1. The average molecular weight is 240 g/mol. The van der Waals surface area contributed by atoms with Crippen molar-refractivity contribution >= 4 is 5.91 Å². The van der Waals surface area contributed by atoms with Crippen LogP contribution in [0, 0.1) is 11.8 Å². The predicted octanol–water partition coefficient (Wildman–Crippen LogP) is 2.42. The summed E-state index contributed by atoms with van der Waals surface area (Å²) in [6, 6.07) is -0.288. The Hall–Kier alpha value is -0.830. The van der Waals surface area contributed by atoms with Crippen LogP contribution < -0.4 is 5.73 Å². The van der Waals surface area contributed by atoms with E-state index >= 15 is 0 Å². The molecule has 0 aliphatic heterocycles. The van der Waals surface area contributed by atoms with Gasteiger partial charge in [-0.2, -0.15) is 0 Å². The van der Waals surface area contributed by atoms with Crippen molar-refractivity contribution < 1.29 is 4.79 Å². The third-order valence-corrected chi connectivity index (χ3v) is 2.99. The second kappa shape index (κ2) is 6.80. The van der Waals surface area contributed by atoms with Gasteiger partial charge in [0.2, 0.25) is 5.91 Å². The smallest absolute Gasteiger partial charge is 0.239 e. The van der Waals surface area contributed by atoms with E-state index in [1.165, 1.54) is 5.57 Å². The first-order valence-corrected chi connectivity index (χ1v) is 6.35. The standard InChI is InChI=1S/C14H28N2O/c1-9(2)8-12(10(3)4)16(7)14(17)13(15)11(5)6/h8,10-13H,15H2,1-7H3. The van der Waals surface area contributed by atoms with Crippen LogP contribution in [0.25, 0.3) is 0 Å². The first-order chi connectivity index (χ1) is 7.68. The minimum atomic E-state index is -0.410. The van der Waals surface area contributed by atoms with Crippen molar-refractivity contribution in [2.45, 2.75) is 53.6 Å². The maximum atomic E-state index is 12.2. The zero-order valence-electron chi connectivity index (χ0n) is 12.3. The number of hydrogen-bond acceptors (Lipinski definition) is 2. The fraction of sp³-hybridized carbons (Fsp3) is 0.786.